The van der Waals surface area contributed by atoms with Gasteiger partial charge in [-0.3, -0.25) is 38.1 Å². The van der Waals surface area contributed by atoms with Crippen LogP contribution in [0.3, 0.4) is 0 Å². The molecule has 5 aromatic carbocycles. The van der Waals surface area contributed by atoms with Crippen molar-refractivity contribution >= 4 is 102 Å². The summed E-state index contributed by atoms with van der Waals surface area (Å²) in [4.78, 5) is 96.9. The first-order valence-electron chi connectivity index (χ1n) is 37.3. The van der Waals surface area contributed by atoms with E-state index in [1.54, 1.807) is 41.9 Å². The first kappa shape index (κ1) is 74.3. The number of hydrogen-bond acceptors (Lipinski definition) is 16. The number of imidazole rings is 3. The minimum atomic E-state index is -3.55. The standard InChI is InChI=1S/C29H34N4O5S.C26H32N4O2.C25H32N6O4/c1-18-11-12-23-25(32(18)29(35)38-3)13-14-26-28(23)30-27(33(26)22-9-6-8-20(15-22)19(2)34)16-31-24-10-5-4-7-21(24)17-39(31,36)37;1-17-15-20(13-14-27-17)30-23-12-11-22-21(10-9-18(2)29(22)26(31)32-3)25(23)28-24(30)16-19-7-5-4-6-8-19;1-17-6-8-19-20(31(17)25(34)35-4)9-10-21-24(19)27-22(12-15-29-14-5-13-26-29)30(21)16-18(32)7-11-23(33)28(2)3/h4-5,7,10,13-14,18,20,22H,6,8-9,11-12,15-17H2,1-3H3;4-8,11-12,17-18,20,27H,9-10,13-16H2,1-3H3;5,9-10,13-14,17H,6-8,11-12,15-16H2,1-4H3/t18-,20+,22+;17-,18-,20-;17-/m000/s1. The number of nitrogens with one attached hydrogen (secondary N) is 1. The van der Waals surface area contributed by atoms with Crippen molar-refractivity contribution in [3.63, 3.8) is 0 Å². The van der Waals surface area contributed by atoms with E-state index in [0.717, 1.165) is 157 Å². The van der Waals surface area contributed by atoms with E-state index in [4.69, 9.17) is 29.2 Å². The summed E-state index contributed by atoms with van der Waals surface area (Å²) < 4.78 is 51.7. The molecule has 4 amide bonds. The van der Waals surface area contributed by atoms with Crippen molar-refractivity contribution in [3.8, 4) is 0 Å². The third-order valence-corrected chi connectivity index (χ3v) is 24.0. The number of anilines is 4. The number of sulfonamides is 1. The molecule has 560 valence electrons. The average molecular weight is 1460 g/mol. The van der Waals surface area contributed by atoms with Gasteiger partial charge in [-0.25, -0.2) is 37.8 Å². The molecule has 1 aliphatic carbocycles. The summed E-state index contributed by atoms with van der Waals surface area (Å²) in [6, 6.07) is 33.0. The first-order chi connectivity index (χ1) is 51.0. The molecule has 0 radical (unpaired) electrons. The van der Waals surface area contributed by atoms with Crippen molar-refractivity contribution in [1.82, 2.24) is 48.7 Å². The van der Waals surface area contributed by atoms with E-state index in [9.17, 15) is 37.2 Å². The summed E-state index contributed by atoms with van der Waals surface area (Å²) in [7, 11) is 4.05. The SMILES string of the molecule is COC(=O)N1c2ccc3c(nc(CCn4cccn4)n3CC(=O)CCC(=O)N(C)C)c2CC[C@@H]1C.COC(=O)N1c2ccc3c(nc(CN4c5ccccc5CS4(=O)=O)n3[C@@H]3CCC[C@@H](C(C)=O)C3)c2CC[C@@H]1C.COC(=O)N1c2ccc3c(nc(Cc4ccccc4)n3[C@H]3CCN[C@@H](C)C3)c2CC[C@@H]1C. The van der Waals surface area contributed by atoms with Gasteiger partial charge in [0.1, 0.15) is 23.3 Å². The Morgan fingerprint density at radius 2 is 1.12 bits per heavy atom. The Balaban J connectivity index is 0.000000141. The molecular weight excluding hydrogens is 1370 g/mol. The van der Waals surface area contributed by atoms with E-state index < -0.39 is 22.2 Å². The van der Waals surface area contributed by atoms with Crippen LogP contribution in [0.15, 0.2) is 109 Å². The Kier molecular flexibility index (Phi) is 22.2. The molecule has 5 aliphatic heterocycles. The number of aromatic nitrogens is 8. The van der Waals surface area contributed by atoms with Crippen molar-refractivity contribution in [1.29, 1.82) is 0 Å². The van der Waals surface area contributed by atoms with Gasteiger partial charge in [0, 0.05) is 118 Å². The Morgan fingerprint density at radius 1 is 0.585 bits per heavy atom. The minimum Gasteiger partial charge on any atom is -0.452 e. The predicted molar refractivity (Wildman–Crippen MR) is 408 cm³/mol. The van der Waals surface area contributed by atoms with Crippen molar-refractivity contribution in [2.45, 2.75) is 199 Å². The van der Waals surface area contributed by atoms with Gasteiger partial charge in [-0.15, -0.1) is 0 Å². The zero-order valence-corrected chi connectivity index (χ0v) is 63.3. The molecule has 26 heteroatoms. The van der Waals surface area contributed by atoms with Gasteiger partial charge in [0.25, 0.3) is 0 Å². The summed E-state index contributed by atoms with van der Waals surface area (Å²) in [5.41, 5.74) is 14.0. The fraction of sp³-hybridized carbons (Fsp3) is 0.475. The summed E-state index contributed by atoms with van der Waals surface area (Å²) in [5, 5.41) is 7.85. The molecule has 0 unspecified atom stereocenters. The predicted octanol–water partition coefficient (Wildman–Crippen LogP) is 12.8. The van der Waals surface area contributed by atoms with E-state index in [-0.39, 0.29) is 85.3 Å². The Bertz CT molecular complexity index is 4890. The normalized spacial score (nSPS) is 20.8. The Morgan fingerprint density at radius 3 is 1.68 bits per heavy atom. The van der Waals surface area contributed by atoms with Gasteiger partial charge in [0.2, 0.25) is 15.9 Å². The van der Waals surface area contributed by atoms with E-state index >= 15 is 0 Å². The molecule has 0 spiro atoms. The number of para-hydroxylation sites is 1. The molecule has 106 heavy (non-hydrogen) atoms. The molecule has 1 N–H and O–H groups in total. The van der Waals surface area contributed by atoms with Crippen molar-refractivity contribution in [3.05, 3.63) is 155 Å². The average Bonchev–Trinajstić information content (AvgIpc) is 1.57. The number of carbonyl (C=O) groups excluding carboxylic acids is 6. The number of carbonyl (C=O) groups is 6. The van der Waals surface area contributed by atoms with Crippen LogP contribution in [0.2, 0.25) is 0 Å². The molecular formula is C80H98N14O11S. The third kappa shape index (κ3) is 15.0. The summed E-state index contributed by atoms with van der Waals surface area (Å²) in [6.07, 6.45) is 14.8. The number of ether oxygens (including phenoxy) is 3. The molecule has 4 aromatic heterocycles. The van der Waals surface area contributed by atoms with Crippen molar-refractivity contribution in [2.24, 2.45) is 5.92 Å². The molecule has 9 aromatic rings. The molecule has 6 aliphatic rings. The number of benzene rings is 5. The molecule has 2 fully saturated rings. The molecule has 9 heterocycles. The number of hydrogen-bond donors (Lipinski definition) is 1. The highest BCUT2D eigenvalue weighted by atomic mass is 32.2. The maximum absolute atomic E-state index is 13.3. The number of rotatable bonds is 15. The number of methoxy groups -OCH3 is 3. The number of nitrogens with zero attached hydrogens (tertiary/aromatic N) is 13. The van der Waals surface area contributed by atoms with Crippen LogP contribution in [0.25, 0.3) is 33.1 Å². The zero-order chi connectivity index (χ0) is 74.8. The highest BCUT2D eigenvalue weighted by Crippen LogP contribution is 2.45. The van der Waals surface area contributed by atoms with Gasteiger partial charge in [0.05, 0.1) is 96.0 Å². The second-order valence-corrected chi connectivity index (χ2v) is 31.3. The molecule has 0 bridgehead atoms. The van der Waals surface area contributed by atoms with Gasteiger partial charge < -0.3 is 38.1 Å². The summed E-state index contributed by atoms with van der Waals surface area (Å²) in [6.45, 7) is 11.9. The van der Waals surface area contributed by atoms with Crippen LogP contribution in [-0.2, 0) is 96.1 Å². The van der Waals surface area contributed by atoms with Crippen molar-refractivity contribution < 1.29 is 51.4 Å². The lowest BCUT2D eigenvalue weighted by molar-refractivity contribution is -0.131. The fourth-order valence-corrected chi connectivity index (χ4v) is 18.4. The van der Waals surface area contributed by atoms with Crippen LogP contribution in [0.1, 0.15) is 163 Å². The molecule has 7 atom stereocenters. The number of amides is 4. The molecule has 25 nitrogen and oxygen atoms in total. The minimum absolute atomic E-state index is 0.00938. The van der Waals surface area contributed by atoms with Crippen LogP contribution < -0.4 is 24.3 Å². The smallest absolute Gasteiger partial charge is 0.414 e. The van der Waals surface area contributed by atoms with Gasteiger partial charge in [-0.2, -0.15) is 5.10 Å². The zero-order valence-electron chi connectivity index (χ0n) is 62.5. The molecule has 15 rings (SSSR count). The number of Topliss-reactive ketones (excluding diaryl/α,β-unsaturated/α-hetero) is 2. The number of piperidine rings is 1. The van der Waals surface area contributed by atoms with Crippen LogP contribution in [0, 0.1) is 5.92 Å². The van der Waals surface area contributed by atoms with E-state index in [0.29, 0.717) is 43.0 Å². The maximum atomic E-state index is 13.3. The van der Waals surface area contributed by atoms with Crippen LogP contribution >= 0.6 is 0 Å². The first-order valence-corrected chi connectivity index (χ1v) is 38.9. The second-order valence-electron chi connectivity index (χ2n) is 29.4. The highest BCUT2D eigenvalue weighted by Gasteiger charge is 2.40. The number of fused-ring (bicyclic) bond motifs is 10. The molecule has 1 saturated heterocycles. The van der Waals surface area contributed by atoms with Gasteiger partial charge >= 0.3 is 18.3 Å². The van der Waals surface area contributed by atoms with E-state index in [2.05, 4.69) is 75.9 Å². The van der Waals surface area contributed by atoms with Gasteiger partial charge in [-0.1, -0.05) is 55.0 Å². The summed E-state index contributed by atoms with van der Waals surface area (Å²) in [5.74, 6) is 2.61. The van der Waals surface area contributed by atoms with E-state index in [1.807, 2.05) is 83.9 Å². The quantitative estimate of drug-likeness (QED) is 0.0935. The largest absolute Gasteiger partial charge is 0.452 e. The maximum Gasteiger partial charge on any atom is 0.414 e. The molecule has 1 saturated carbocycles. The lowest BCUT2D eigenvalue weighted by atomic mass is 9.83. The Labute approximate surface area is 619 Å². The lowest BCUT2D eigenvalue weighted by Gasteiger charge is -2.34. The second kappa shape index (κ2) is 31.6. The lowest BCUT2D eigenvalue weighted by Crippen LogP contribution is -2.42. The van der Waals surface area contributed by atoms with Crippen molar-refractivity contribution in [2.75, 3.05) is 61.0 Å². The topological polar surface area (TPSA) is 264 Å². The monoisotopic (exact) mass is 1460 g/mol. The van der Waals surface area contributed by atoms with Gasteiger partial charge in [-0.05, 0) is 171 Å². The Hall–Kier alpha value is -9.95. The van der Waals surface area contributed by atoms with E-state index in [1.165, 1.54) is 47.2 Å². The third-order valence-electron chi connectivity index (χ3n) is 22.3. The van der Waals surface area contributed by atoms with Crippen LogP contribution in [-0.4, -0.2) is 154 Å². The van der Waals surface area contributed by atoms with Crippen LogP contribution in [0.4, 0.5) is 37.1 Å². The number of ketones is 2. The summed E-state index contributed by atoms with van der Waals surface area (Å²) >= 11 is 0. The number of aryl methyl sites for hydroxylation is 5. The van der Waals surface area contributed by atoms with Gasteiger partial charge in [0.15, 0.2) is 5.78 Å². The highest BCUT2D eigenvalue weighted by molar-refractivity contribution is 7.92. The van der Waals surface area contributed by atoms with Crippen LogP contribution in [0.5, 0.6) is 0 Å². The fourth-order valence-electron chi connectivity index (χ4n) is 16.8.